The van der Waals surface area contributed by atoms with E-state index in [1.807, 2.05) is 32.0 Å². The first-order valence-electron chi connectivity index (χ1n) is 6.77. The Morgan fingerprint density at radius 2 is 2.11 bits per heavy atom. The Hall–Kier alpha value is -1.22. The SMILES string of the molecule is CCOC(=O)[C@]1(C)CCCC=C1Sc1ccccc1. The normalized spacial score (nSPS) is 22.7. The first-order valence-corrected chi connectivity index (χ1v) is 7.59. The van der Waals surface area contributed by atoms with Crippen LogP contribution in [0.3, 0.4) is 0 Å². The Kier molecular flexibility index (Phi) is 4.70. The van der Waals surface area contributed by atoms with Gasteiger partial charge in [-0.25, -0.2) is 0 Å². The average Bonchev–Trinajstić information content (AvgIpc) is 2.43. The van der Waals surface area contributed by atoms with Gasteiger partial charge in [0, 0.05) is 9.80 Å². The van der Waals surface area contributed by atoms with Crippen molar-refractivity contribution in [1.29, 1.82) is 0 Å². The van der Waals surface area contributed by atoms with Crippen LogP contribution in [0.5, 0.6) is 0 Å². The van der Waals surface area contributed by atoms with Gasteiger partial charge in [-0.2, -0.15) is 0 Å². The first-order chi connectivity index (χ1) is 9.16. The summed E-state index contributed by atoms with van der Waals surface area (Å²) in [6.45, 7) is 4.31. The third kappa shape index (κ3) is 3.21. The summed E-state index contributed by atoms with van der Waals surface area (Å²) >= 11 is 1.69. The molecule has 19 heavy (non-hydrogen) atoms. The molecule has 0 saturated carbocycles. The lowest BCUT2D eigenvalue weighted by atomic mass is 9.80. The monoisotopic (exact) mass is 276 g/mol. The van der Waals surface area contributed by atoms with Crippen LogP contribution in [0, 0.1) is 5.41 Å². The lowest BCUT2D eigenvalue weighted by molar-refractivity contribution is -0.152. The second-order valence-electron chi connectivity index (χ2n) is 4.93. The number of allylic oxidation sites excluding steroid dienone is 1. The van der Waals surface area contributed by atoms with Gasteiger partial charge in [-0.15, -0.1) is 0 Å². The number of benzene rings is 1. The second kappa shape index (κ2) is 6.29. The Morgan fingerprint density at radius 1 is 1.37 bits per heavy atom. The molecule has 1 aliphatic carbocycles. The quantitative estimate of drug-likeness (QED) is 0.762. The van der Waals surface area contributed by atoms with Crippen LogP contribution in [0.25, 0.3) is 0 Å². The lowest BCUT2D eigenvalue weighted by Crippen LogP contribution is -2.32. The van der Waals surface area contributed by atoms with Crippen molar-refractivity contribution in [3.63, 3.8) is 0 Å². The van der Waals surface area contributed by atoms with E-state index in [0.29, 0.717) is 6.61 Å². The molecule has 0 N–H and O–H groups in total. The van der Waals surface area contributed by atoms with Crippen molar-refractivity contribution in [2.45, 2.75) is 38.0 Å². The van der Waals surface area contributed by atoms with Gasteiger partial charge >= 0.3 is 5.97 Å². The van der Waals surface area contributed by atoms with Crippen molar-refractivity contribution in [2.24, 2.45) is 5.41 Å². The maximum Gasteiger partial charge on any atom is 0.316 e. The van der Waals surface area contributed by atoms with Crippen molar-refractivity contribution in [3.05, 3.63) is 41.3 Å². The van der Waals surface area contributed by atoms with Gasteiger partial charge in [0.1, 0.15) is 0 Å². The number of rotatable bonds is 4. The Morgan fingerprint density at radius 3 is 2.79 bits per heavy atom. The van der Waals surface area contributed by atoms with E-state index in [0.717, 1.165) is 24.2 Å². The largest absolute Gasteiger partial charge is 0.465 e. The first kappa shape index (κ1) is 14.2. The summed E-state index contributed by atoms with van der Waals surface area (Å²) in [6.07, 6.45) is 5.16. The highest BCUT2D eigenvalue weighted by Gasteiger charge is 2.40. The molecule has 0 radical (unpaired) electrons. The van der Waals surface area contributed by atoms with E-state index in [9.17, 15) is 4.79 Å². The third-order valence-corrected chi connectivity index (χ3v) is 4.80. The van der Waals surface area contributed by atoms with Gasteiger partial charge in [0.05, 0.1) is 12.0 Å². The van der Waals surface area contributed by atoms with Crippen LogP contribution in [0.2, 0.25) is 0 Å². The fraction of sp³-hybridized carbons (Fsp3) is 0.438. The molecule has 1 aromatic carbocycles. The van der Waals surface area contributed by atoms with Crippen molar-refractivity contribution >= 4 is 17.7 Å². The summed E-state index contributed by atoms with van der Waals surface area (Å²) in [5.41, 5.74) is -0.477. The number of esters is 1. The standard InChI is InChI=1S/C16H20O2S/c1-3-18-15(17)16(2)12-8-7-11-14(16)19-13-9-5-4-6-10-13/h4-6,9-11H,3,7-8,12H2,1-2H3/t16-/m1/s1. The van der Waals surface area contributed by atoms with Crippen LogP contribution < -0.4 is 0 Å². The maximum atomic E-state index is 12.2. The zero-order chi connectivity index (χ0) is 13.7. The van der Waals surface area contributed by atoms with Gasteiger partial charge in [0.25, 0.3) is 0 Å². The topological polar surface area (TPSA) is 26.3 Å². The smallest absolute Gasteiger partial charge is 0.316 e. The number of ether oxygens (including phenoxy) is 1. The van der Waals surface area contributed by atoms with Crippen LogP contribution in [-0.4, -0.2) is 12.6 Å². The predicted octanol–water partition coefficient (Wildman–Crippen LogP) is 4.42. The number of hydrogen-bond donors (Lipinski definition) is 0. The van der Waals surface area contributed by atoms with Crippen LogP contribution in [0.1, 0.15) is 33.1 Å². The lowest BCUT2D eigenvalue weighted by Gasteiger charge is -2.32. The molecule has 2 rings (SSSR count). The number of carbonyl (C=O) groups is 1. The molecule has 1 aliphatic rings. The van der Waals surface area contributed by atoms with Gasteiger partial charge in [-0.3, -0.25) is 4.79 Å². The van der Waals surface area contributed by atoms with E-state index in [1.165, 1.54) is 4.90 Å². The molecule has 0 unspecified atom stereocenters. The van der Waals surface area contributed by atoms with E-state index in [2.05, 4.69) is 18.2 Å². The highest BCUT2D eigenvalue weighted by molar-refractivity contribution is 8.03. The minimum atomic E-state index is -0.477. The van der Waals surface area contributed by atoms with Crippen LogP contribution in [0.4, 0.5) is 0 Å². The second-order valence-corrected chi connectivity index (χ2v) is 6.04. The average molecular weight is 276 g/mol. The summed E-state index contributed by atoms with van der Waals surface area (Å²) in [5, 5.41) is 0. The van der Waals surface area contributed by atoms with Crippen molar-refractivity contribution in [2.75, 3.05) is 6.61 Å². The number of thioether (sulfide) groups is 1. The molecule has 0 aliphatic heterocycles. The van der Waals surface area contributed by atoms with E-state index in [1.54, 1.807) is 11.8 Å². The zero-order valence-electron chi connectivity index (χ0n) is 11.5. The van der Waals surface area contributed by atoms with Crippen molar-refractivity contribution in [3.8, 4) is 0 Å². The summed E-state index contributed by atoms with van der Waals surface area (Å²) in [7, 11) is 0. The summed E-state index contributed by atoms with van der Waals surface area (Å²) in [6, 6.07) is 10.2. The molecule has 1 atom stereocenters. The minimum Gasteiger partial charge on any atom is -0.465 e. The maximum absolute atomic E-state index is 12.2. The fourth-order valence-electron chi connectivity index (χ4n) is 2.30. The molecule has 0 bridgehead atoms. The molecule has 0 spiro atoms. The third-order valence-electron chi connectivity index (χ3n) is 3.45. The summed E-state index contributed by atoms with van der Waals surface area (Å²) in [5.74, 6) is -0.0932. The van der Waals surface area contributed by atoms with E-state index in [-0.39, 0.29) is 5.97 Å². The molecule has 0 fully saturated rings. The Labute approximate surface area is 119 Å². The highest BCUT2D eigenvalue weighted by Crippen LogP contribution is 2.46. The van der Waals surface area contributed by atoms with Gasteiger partial charge in [-0.05, 0) is 45.2 Å². The van der Waals surface area contributed by atoms with Crippen LogP contribution >= 0.6 is 11.8 Å². The van der Waals surface area contributed by atoms with Gasteiger partial charge in [0.2, 0.25) is 0 Å². The predicted molar refractivity (Wildman–Crippen MR) is 79.0 cm³/mol. The molecule has 0 amide bonds. The highest BCUT2D eigenvalue weighted by atomic mass is 32.2. The molecule has 0 saturated heterocycles. The molecule has 0 heterocycles. The number of carbonyl (C=O) groups excluding carboxylic acids is 1. The van der Waals surface area contributed by atoms with Crippen molar-refractivity contribution < 1.29 is 9.53 Å². The molecule has 2 nitrogen and oxygen atoms in total. The Balaban J connectivity index is 2.21. The fourth-order valence-corrected chi connectivity index (χ4v) is 3.46. The van der Waals surface area contributed by atoms with Crippen molar-refractivity contribution in [1.82, 2.24) is 0 Å². The van der Waals surface area contributed by atoms with E-state index < -0.39 is 5.41 Å². The molecular weight excluding hydrogens is 256 g/mol. The van der Waals surface area contributed by atoms with E-state index in [4.69, 9.17) is 4.74 Å². The molecule has 1 aromatic rings. The summed E-state index contributed by atoms with van der Waals surface area (Å²) in [4.78, 5) is 14.5. The zero-order valence-corrected chi connectivity index (χ0v) is 12.3. The van der Waals surface area contributed by atoms with Crippen LogP contribution in [0.15, 0.2) is 46.2 Å². The molecular formula is C16H20O2S. The molecule has 102 valence electrons. The molecule has 3 heteroatoms. The number of hydrogen-bond acceptors (Lipinski definition) is 3. The summed E-state index contributed by atoms with van der Waals surface area (Å²) < 4.78 is 5.26. The van der Waals surface area contributed by atoms with Gasteiger partial charge < -0.3 is 4.74 Å². The minimum absolute atomic E-state index is 0.0932. The van der Waals surface area contributed by atoms with Gasteiger partial charge in [-0.1, -0.05) is 36.0 Å². The molecule has 0 aromatic heterocycles. The Bertz CT molecular complexity index is 467. The van der Waals surface area contributed by atoms with Crippen LogP contribution in [-0.2, 0) is 9.53 Å². The van der Waals surface area contributed by atoms with E-state index >= 15 is 0 Å². The van der Waals surface area contributed by atoms with Gasteiger partial charge in [0.15, 0.2) is 0 Å².